The zero-order valence-electron chi connectivity index (χ0n) is 19.8. The van der Waals surface area contributed by atoms with Crippen LogP contribution in [0.15, 0.2) is 42.7 Å². The van der Waals surface area contributed by atoms with Crippen molar-refractivity contribution in [1.29, 1.82) is 0 Å². The van der Waals surface area contributed by atoms with Crippen molar-refractivity contribution in [1.82, 2.24) is 19.8 Å². The fourth-order valence-corrected chi connectivity index (χ4v) is 5.85. The molecule has 0 spiro atoms. The second kappa shape index (κ2) is 8.58. The molecule has 0 saturated carbocycles. The number of fused-ring (bicyclic) bond motifs is 6. The summed E-state index contributed by atoms with van der Waals surface area (Å²) < 4.78 is 2.30. The van der Waals surface area contributed by atoms with E-state index in [-0.39, 0.29) is 5.91 Å². The standard InChI is InChI=1S/C27H34N4O2/c1-4-5-12-27(33,29-26(32)19-10-13-28-14-11-19)17-31-22-8-6-18(2)15-21(22)25-23-9-7-20(30(23)3)16-24(25)31/h6,8,10-11,13-15,20,23,33H,4-5,7,9,12,16-17H2,1-3H3,(H,29,32). The zero-order valence-corrected chi connectivity index (χ0v) is 19.8. The molecule has 1 amide bonds. The van der Waals surface area contributed by atoms with Gasteiger partial charge >= 0.3 is 0 Å². The lowest BCUT2D eigenvalue weighted by Gasteiger charge is -2.35. The van der Waals surface area contributed by atoms with Gasteiger partial charge < -0.3 is 15.0 Å². The molecule has 6 heteroatoms. The normalized spacial score (nSPS) is 21.7. The maximum Gasteiger partial charge on any atom is 0.253 e. The van der Waals surface area contributed by atoms with Gasteiger partial charge in [0.05, 0.1) is 6.54 Å². The minimum absolute atomic E-state index is 0.267. The quantitative estimate of drug-likeness (QED) is 0.530. The van der Waals surface area contributed by atoms with Gasteiger partial charge in [-0.1, -0.05) is 25.0 Å². The van der Waals surface area contributed by atoms with Gasteiger partial charge in [-0.15, -0.1) is 0 Å². The number of pyridine rings is 1. The van der Waals surface area contributed by atoms with Crippen molar-refractivity contribution in [3.8, 4) is 0 Å². The molecule has 6 nitrogen and oxygen atoms in total. The molecule has 1 aromatic carbocycles. The maximum atomic E-state index is 13.0. The lowest BCUT2D eigenvalue weighted by Crippen LogP contribution is -2.52. The van der Waals surface area contributed by atoms with E-state index in [1.807, 2.05) is 0 Å². The molecule has 2 aromatic heterocycles. The number of aliphatic hydroxyl groups is 1. The van der Waals surface area contributed by atoms with Crippen LogP contribution in [0.3, 0.4) is 0 Å². The molecular weight excluding hydrogens is 412 g/mol. The van der Waals surface area contributed by atoms with Crippen LogP contribution in [0.5, 0.6) is 0 Å². The first kappa shape index (κ1) is 22.1. The highest BCUT2D eigenvalue weighted by Crippen LogP contribution is 2.47. The number of aromatic nitrogens is 2. The number of benzene rings is 1. The summed E-state index contributed by atoms with van der Waals surface area (Å²) in [5.74, 6) is -0.267. The lowest BCUT2D eigenvalue weighted by atomic mass is 9.96. The van der Waals surface area contributed by atoms with Crippen molar-refractivity contribution in [2.45, 2.75) is 76.7 Å². The Kier molecular flexibility index (Phi) is 5.75. The van der Waals surface area contributed by atoms with E-state index in [1.165, 1.54) is 35.0 Å². The number of unbranched alkanes of at least 4 members (excludes halogenated alkanes) is 1. The van der Waals surface area contributed by atoms with E-state index >= 15 is 0 Å². The first-order valence-electron chi connectivity index (χ1n) is 12.2. The number of hydrogen-bond donors (Lipinski definition) is 2. The summed E-state index contributed by atoms with van der Waals surface area (Å²) in [6.45, 7) is 4.59. The van der Waals surface area contributed by atoms with E-state index in [0.29, 0.717) is 30.6 Å². The Morgan fingerprint density at radius 2 is 2.03 bits per heavy atom. The van der Waals surface area contributed by atoms with Crippen molar-refractivity contribution >= 4 is 16.8 Å². The highest BCUT2D eigenvalue weighted by atomic mass is 16.3. The number of aryl methyl sites for hydroxylation is 1. The molecular formula is C27H34N4O2. The minimum atomic E-state index is -1.33. The van der Waals surface area contributed by atoms with Crippen LogP contribution in [0.25, 0.3) is 10.9 Å². The summed E-state index contributed by atoms with van der Waals surface area (Å²) in [4.78, 5) is 19.5. The fourth-order valence-electron chi connectivity index (χ4n) is 5.85. The van der Waals surface area contributed by atoms with Crippen molar-refractivity contribution in [2.24, 2.45) is 0 Å². The van der Waals surface area contributed by atoms with Gasteiger partial charge in [-0.3, -0.25) is 14.7 Å². The Balaban J connectivity index is 1.56. The summed E-state index contributed by atoms with van der Waals surface area (Å²) in [6, 6.07) is 10.9. The molecule has 2 N–H and O–H groups in total. The van der Waals surface area contributed by atoms with E-state index in [2.05, 4.69) is 58.9 Å². The summed E-state index contributed by atoms with van der Waals surface area (Å²) in [6.07, 6.45) is 8.87. The number of nitrogens with one attached hydrogen (secondary N) is 1. The molecule has 1 fully saturated rings. The number of hydrogen-bond acceptors (Lipinski definition) is 4. The summed E-state index contributed by atoms with van der Waals surface area (Å²) in [7, 11) is 2.25. The predicted octanol–water partition coefficient (Wildman–Crippen LogP) is 4.34. The molecule has 1 saturated heterocycles. The van der Waals surface area contributed by atoms with E-state index in [1.54, 1.807) is 24.5 Å². The third-order valence-corrected chi connectivity index (χ3v) is 7.63. The summed E-state index contributed by atoms with van der Waals surface area (Å²) in [5, 5.41) is 16.0. The topological polar surface area (TPSA) is 70.4 Å². The smallest absolute Gasteiger partial charge is 0.253 e. The molecule has 33 heavy (non-hydrogen) atoms. The van der Waals surface area contributed by atoms with Crippen LogP contribution < -0.4 is 5.32 Å². The molecule has 2 aliphatic heterocycles. The molecule has 0 radical (unpaired) electrons. The van der Waals surface area contributed by atoms with Crippen molar-refractivity contribution in [3.63, 3.8) is 0 Å². The predicted molar refractivity (Wildman–Crippen MR) is 130 cm³/mol. The van der Waals surface area contributed by atoms with Crippen LogP contribution in [0.1, 0.15) is 72.2 Å². The minimum Gasteiger partial charge on any atom is -0.369 e. The second-order valence-corrected chi connectivity index (χ2v) is 9.91. The molecule has 4 heterocycles. The van der Waals surface area contributed by atoms with Gasteiger partial charge in [0.2, 0.25) is 0 Å². The van der Waals surface area contributed by atoms with Gasteiger partial charge in [0.25, 0.3) is 5.91 Å². The highest BCUT2D eigenvalue weighted by Gasteiger charge is 2.42. The number of carbonyl (C=O) groups is 1. The van der Waals surface area contributed by atoms with Crippen LogP contribution in [-0.2, 0) is 13.0 Å². The van der Waals surface area contributed by atoms with Crippen molar-refractivity contribution in [2.75, 3.05) is 7.05 Å². The Hall–Kier alpha value is -2.70. The van der Waals surface area contributed by atoms with Crippen LogP contribution in [-0.4, -0.2) is 44.3 Å². The number of rotatable bonds is 7. The molecule has 2 aliphatic rings. The monoisotopic (exact) mass is 446 g/mol. The molecule has 5 rings (SSSR count). The molecule has 3 atom stereocenters. The van der Waals surface area contributed by atoms with Crippen molar-refractivity contribution < 1.29 is 9.90 Å². The Bertz CT molecular complexity index is 1170. The SMILES string of the molecule is CCCCC(O)(Cn1c2c(c3cc(C)ccc31)C1CCC(C2)N1C)NC(=O)c1ccncc1. The number of nitrogens with zero attached hydrogens (tertiary/aromatic N) is 3. The van der Waals surface area contributed by atoms with Crippen LogP contribution in [0.2, 0.25) is 0 Å². The molecule has 174 valence electrons. The van der Waals surface area contributed by atoms with Gasteiger partial charge in [0.15, 0.2) is 5.72 Å². The molecule has 0 aliphatic carbocycles. The average Bonchev–Trinajstić information content (AvgIpc) is 3.21. The first-order valence-corrected chi connectivity index (χ1v) is 12.2. The third kappa shape index (κ3) is 3.96. The van der Waals surface area contributed by atoms with E-state index in [9.17, 15) is 9.90 Å². The highest BCUT2D eigenvalue weighted by molar-refractivity contribution is 5.94. The third-order valence-electron chi connectivity index (χ3n) is 7.63. The number of likely N-dealkylation sites (N-methyl/N-ethyl adjacent to an activating group) is 1. The summed E-state index contributed by atoms with van der Waals surface area (Å²) in [5.41, 5.74) is 4.33. The van der Waals surface area contributed by atoms with Gasteiger partial charge in [0, 0.05) is 53.1 Å². The Morgan fingerprint density at radius 1 is 1.24 bits per heavy atom. The van der Waals surface area contributed by atoms with Gasteiger partial charge in [-0.05, 0) is 69.5 Å². The van der Waals surface area contributed by atoms with Crippen LogP contribution in [0.4, 0.5) is 0 Å². The lowest BCUT2D eigenvalue weighted by molar-refractivity contribution is -0.0153. The fraction of sp³-hybridized carbons (Fsp3) is 0.481. The van der Waals surface area contributed by atoms with Gasteiger partial charge in [-0.2, -0.15) is 0 Å². The zero-order chi connectivity index (χ0) is 23.2. The maximum absolute atomic E-state index is 13.0. The number of carbonyl (C=O) groups excluding carboxylic acids is 1. The molecule has 3 unspecified atom stereocenters. The van der Waals surface area contributed by atoms with E-state index < -0.39 is 5.72 Å². The molecule has 2 bridgehead atoms. The largest absolute Gasteiger partial charge is 0.369 e. The van der Waals surface area contributed by atoms with E-state index in [0.717, 1.165) is 24.8 Å². The summed E-state index contributed by atoms with van der Waals surface area (Å²) >= 11 is 0. The Labute approximate surface area is 195 Å². The van der Waals surface area contributed by atoms with E-state index in [4.69, 9.17) is 0 Å². The average molecular weight is 447 g/mol. The van der Waals surface area contributed by atoms with Gasteiger partial charge in [0.1, 0.15) is 0 Å². The first-order chi connectivity index (χ1) is 15.9. The van der Waals surface area contributed by atoms with Crippen LogP contribution in [0, 0.1) is 6.92 Å². The Morgan fingerprint density at radius 3 is 2.79 bits per heavy atom. The van der Waals surface area contributed by atoms with Crippen molar-refractivity contribution in [3.05, 3.63) is 65.1 Å². The van der Waals surface area contributed by atoms with Gasteiger partial charge in [-0.25, -0.2) is 0 Å². The number of amides is 1. The second-order valence-electron chi connectivity index (χ2n) is 9.91. The van der Waals surface area contributed by atoms with Crippen LogP contribution >= 0.6 is 0 Å². The molecule has 3 aromatic rings.